The molecule has 2 heteroatoms. The van der Waals surface area contributed by atoms with Crippen molar-refractivity contribution in [2.24, 2.45) is 5.92 Å². The van der Waals surface area contributed by atoms with Gasteiger partial charge in [-0.2, -0.15) is 0 Å². The lowest BCUT2D eigenvalue weighted by atomic mass is 9.99. The van der Waals surface area contributed by atoms with Gasteiger partial charge in [0, 0.05) is 19.2 Å². The predicted octanol–water partition coefficient (Wildman–Crippen LogP) is 3.85. The Morgan fingerprint density at radius 1 is 1.26 bits per heavy atom. The fourth-order valence-electron chi connectivity index (χ4n) is 2.73. The third-order valence-corrected chi connectivity index (χ3v) is 3.95. The Bertz CT molecular complexity index is 363. The van der Waals surface area contributed by atoms with Gasteiger partial charge in [0.2, 0.25) is 0 Å². The van der Waals surface area contributed by atoms with Crippen molar-refractivity contribution in [2.75, 3.05) is 13.7 Å². The summed E-state index contributed by atoms with van der Waals surface area (Å²) in [5.74, 6) is 0.818. The van der Waals surface area contributed by atoms with Crippen LogP contribution < -0.4 is 5.32 Å². The van der Waals surface area contributed by atoms with Crippen LogP contribution in [0.4, 0.5) is 0 Å². The number of hydrogen-bond acceptors (Lipinski definition) is 2. The Morgan fingerprint density at radius 2 is 1.95 bits per heavy atom. The van der Waals surface area contributed by atoms with E-state index < -0.39 is 0 Å². The summed E-state index contributed by atoms with van der Waals surface area (Å²) in [7, 11) is 1.79. The van der Waals surface area contributed by atoms with Crippen molar-refractivity contribution in [3.63, 3.8) is 0 Å². The van der Waals surface area contributed by atoms with Gasteiger partial charge in [-0.05, 0) is 37.7 Å². The maximum atomic E-state index is 5.35. The Hall–Kier alpha value is -0.860. The van der Waals surface area contributed by atoms with Crippen molar-refractivity contribution in [1.29, 1.82) is 0 Å². The second kappa shape index (κ2) is 7.06. The number of benzene rings is 1. The Labute approximate surface area is 117 Å². The predicted molar refractivity (Wildman–Crippen MR) is 80.4 cm³/mol. The molecule has 1 saturated carbocycles. The molecule has 0 aliphatic heterocycles. The first kappa shape index (κ1) is 14.5. The quantitative estimate of drug-likeness (QED) is 0.767. The van der Waals surface area contributed by atoms with Gasteiger partial charge in [0.1, 0.15) is 0 Å². The molecule has 1 aromatic carbocycles. The van der Waals surface area contributed by atoms with Crippen molar-refractivity contribution in [1.82, 2.24) is 5.32 Å². The second-order valence-corrected chi connectivity index (χ2v) is 5.83. The lowest BCUT2D eigenvalue weighted by Gasteiger charge is -2.26. The molecule has 0 amide bonds. The van der Waals surface area contributed by atoms with Crippen molar-refractivity contribution < 1.29 is 4.74 Å². The third-order valence-electron chi connectivity index (χ3n) is 3.95. The molecule has 1 N–H and O–H groups in total. The number of aryl methyl sites for hydroxylation is 1. The van der Waals surface area contributed by atoms with Crippen molar-refractivity contribution in [2.45, 2.75) is 51.6 Å². The molecule has 1 aliphatic rings. The average Bonchev–Trinajstić information content (AvgIpc) is 3.22. The summed E-state index contributed by atoms with van der Waals surface area (Å²) in [5, 5.41) is 3.83. The summed E-state index contributed by atoms with van der Waals surface area (Å²) < 4.78 is 5.35. The first-order valence-corrected chi connectivity index (χ1v) is 7.56. The van der Waals surface area contributed by atoms with E-state index >= 15 is 0 Å². The topological polar surface area (TPSA) is 21.3 Å². The van der Waals surface area contributed by atoms with Crippen LogP contribution in [0.5, 0.6) is 0 Å². The minimum Gasteiger partial charge on any atom is -0.383 e. The van der Waals surface area contributed by atoms with Gasteiger partial charge < -0.3 is 10.1 Å². The first-order chi connectivity index (χ1) is 9.24. The second-order valence-electron chi connectivity index (χ2n) is 5.83. The van der Waals surface area contributed by atoms with Gasteiger partial charge in [-0.3, -0.25) is 0 Å². The minimum absolute atomic E-state index is 0.474. The van der Waals surface area contributed by atoms with E-state index in [1.54, 1.807) is 7.11 Å². The van der Waals surface area contributed by atoms with Gasteiger partial charge in [-0.15, -0.1) is 0 Å². The monoisotopic (exact) mass is 261 g/mol. The molecule has 0 aromatic heterocycles. The molecule has 0 bridgehead atoms. The molecule has 0 saturated heterocycles. The van der Waals surface area contributed by atoms with Crippen molar-refractivity contribution in [3.05, 3.63) is 35.4 Å². The smallest absolute Gasteiger partial charge is 0.0616 e. The highest BCUT2D eigenvalue weighted by Gasteiger charge is 2.33. The van der Waals surface area contributed by atoms with Gasteiger partial charge in [0.25, 0.3) is 0 Å². The molecular weight excluding hydrogens is 234 g/mol. The fourth-order valence-corrected chi connectivity index (χ4v) is 2.73. The van der Waals surface area contributed by atoms with Crippen LogP contribution in [0.2, 0.25) is 0 Å². The highest BCUT2D eigenvalue weighted by molar-refractivity contribution is 5.25. The summed E-state index contributed by atoms with van der Waals surface area (Å²) in [6, 6.07) is 9.98. The van der Waals surface area contributed by atoms with E-state index in [1.807, 2.05) is 0 Å². The van der Waals surface area contributed by atoms with E-state index in [-0.39, 0.29) is 0 Å². The molecule has 0 radical (unpaired) electrons. The minimum atomic E-state index is 0.474. The molecule has 106 valence electrons. The lowest BCUT2D eigenvalue weighted by Crippen LogP contribution is -2.37. The standard InChI is InChI=1S/C17H27NO/c1-4-5-16(12-19-3)18-17(15-10-11-15)14-8-6-13(2)7-9-14/h6-9,15-18H,4-5,10-12H2,1-3H3. The Balaban J connectivity index is 2.04. The summed E-state index contributed by atoms with van der Waals surface area (Å²) in [6.07, 6.45) is 5.10. The van der Waals surface area contributed by atoms with E-state index in [0.717, 1.165) is 12.5 Å². The highest BCUT2D eigenvalue weighted by Crippen LogP contribution is 2.41. The van der Waals surface area contributed by atoms with E-state index in [0.29, 0.717) is 12.1 Å². The highest BCUT2D eigenvalue weighted by atomic mass is 16.5. The van der Waals surface area contributed by atoms with E-state index in [9.17, 15) is 0 Å². The fraction of sp³-hybridized carbons (Fsp3) is 0.647. The molecule has 0 heterocycles. The number of methoxy groups -OCH3 is 1. The largest absolute Gasteiger partial charge is 0.383 e. The molecule has 2 nitrogen and oxygen atoms in total. The van der Waals surface area contributed by atoms with Crippen LogP contribution in [0.1, 0.15) is 49.8 Å². The van der Waals surface area contributed by atoms with E-state index in [1.165, 1.54) is 36.8 Å². The summed E-state index contributed by atoms with van der Waals surface area (Å²) in [5.41, 5.74) is 2.77. The molecule has 2 rings (SSSR count). The Morgan fingerprint density at radius 3 is 2.47 bits per heavy atom. The molecule has 1 aromatic rings. The number of rotatable bonds is 8. The number of nitrogens with one attached hydrogen (secondary N) is 1. The lowest BCUT2D eigenvalue weighted by molar-refractivity contribution is 0.153. The van der Waals surface area contributed by atoms with Crippen molar-refractivity contribution >= 4 is 0 Å². The van der Waals surface area contributed by atoms with Crippen LogP contribution in [-0.2, 0) is 4.74 Å². The van der Waals surface area contributed by atoms with Crippen molar-refractivity contribution in [3.8, 4) is 0 Å². The van der Waals surface area contributed by atoms with Crippen LogP contribution in [-0.4, -0.2) is 19.8 Å². The molecule has 2 atom stereocenters. The molecule has 1 aliphatic carbocycles. The van der Waals surface area contributed by atoms with Gasteiger partial charge in [0.15, 0.2) is 0 Å². The molecule has 1 fully saturated rings. The normalized spacial score (nSPS) is 18.3. The van der Waals surface area contributed by atoms with E-state index in [4.69, 9.17) is 4.74 Å². The molecule has 2 unspecified atom stereocenters. The van der Waals surface area contributed by atoms with Gasteiger partial charge >= 0.3 is 0 Å². The first-order valence-electron chi connectivity index (χ1n) is 7.56. The maximum Gasteiger partial charge on any atom is 0.0616 e. The van der Waals surface area contributed by atoms with Crippen LogP contribution in [0.15, 0.2) is 24.3 Å². The number of hydrogen-bond donors (Lipinski definition) is 1. The van der Waals surface area contributed by atoms with Crippen LogP contribution in [0.25, 0.3) is 0 Å². The zero-order chi connectivity index (χ0) is 13.7. The summed E-state index contributed by atoms with van der Waals surface area (Å²) in [4.78, 5) is 0. The van der Waals surface area contributed by atoms with E-state index in [2.05, 4.69) is 43.4 Å². The van der Waals surface area contributed by atoms with Crippen LogP contribution in [0, 0.1) is 12.8 Å². The van der Waals surface area contributed by atoms with Gasteiger partial charge in [0.05, 0.1) is 6.61 Å². The summed E-state index contributed by atoms with van der Waals surface area (Å²) >= 11 is 0. The van der Waals surface area contributed by atoms with Crippen LogP contribution in [0.3, 0.4) is 0 Å². The summed E-state index contributed by atoms with van der Waals surface area (Å²) in [6.45, 7) is 5.19. The van der Waals surface area contributed by atoms with Gasteiger partial charge in [-0.25, -0.2) is 0 Å². The van der Waals surface area contributed by atoms with Gasteiger partial charge in [-0.1, -0.05) is 43.2 Å². The number of ether oxygens (including phenoxy) is 1. The zero-order valence-corrected chi connectivity index (χ0v) is 12.5. The molecule has 19 heavy (non-hydrogen) atoms. The maximum absolute atomic E-state index is 5.35. The SMILES string of the molecule is CCCC(COC)NC(c1ccc(C)cc1)C1CC1. The van der Waals surface area contributed by atoms with Crippen LogP contribution >= 0.6 is 0 Å². The average molecular weight is 261 g/mol. The Kier molecular flexibility index (Phi) is 5.41. The zero-order valence-electron chi connectivity index (χ0n) is 12.5. The third kappa shape index (κ3) is 4.32. The molecule has 0 spiro atoms. The molecular formula is C17H27NO.